The van der Waals surface area contributed by atoms with Gasteiger partial charge in [0.2, 0.25) is 11.8 Å². The molecule has 0 spiro atoms. The summed E-state index contributed by atoms with van der Waals surface area (Å²) >= 11 is 0. The normalized spacial score (nSPS) is 15.5. The first kappa shape index (κ1) is 21.6. The van der Waals surface area contributed by atoms with Crippen molar-refractivity contribution in [1.29, 1.82) is 0 Å². The zero-order valence-corrected chi connectivity index (χ0v) is 17.6. The van der Waals surface area contributed by atoms with Crippen LogP contribution in [0.1, 0.15) is 49.0 Å². The fourth-order valence-electron chi connectivity index (χ4n) is 3.53. The molecule has 0 radical (unpaired) electrons. The monoisotopic (exact) mass is 407 g/mol. The Kier molecular flexibility index (Phi) is 7.22. The molecule has 3 rings (SSSR count). The van der Waals surface area contributed by atoms with Crippen molar-refractivity contribution in [3.63, 3.8) is 0 Å². The van der Waals surface area contributed by atoms with E-state index >= 15 is 0 Å². The summed E-state index contributed by atoms with van der Waals surface area (Å²) in [5.74, 6) is -0.300. The molecule has 158 valence electrons. The van der Waals surface area contributed by atoms with Crippen LogP contribution < -0.4 is 15.5 Å². The lowest BCUT2D eigenvalue weighted by atomic mass is 9.97. The number of hydrogen-bond acceptors (Lipinski definition) is 3. The van der Waals surface area contributed by atoms with Crippen LogP contribution in [-0.2, 0) is 16.1 Å². The first-order chi connectivity index (χ1) is 14.5. The Morgan fingerprint density at radius 2 is 1.77 bits per heavy atom. The van der Waals surface area contributed by atoms with E-state index in [1.807, 2.05) is 44.2 Å². The highest BCUT2D eigenvalue weighted by Gasteiger charge is 2.26. The van der Waals surface area contributed by atoms with Crippen molar-refractivity contribution < 1.29 is 14.4 Å². The number of amides is 3. The summed E-state index contributed by atoms with van der Waals surface area (Å²) in [4.78, 5) is 39.0. The van der Waals surface area contributed by atoms with Gasteiger partial charge in [0.15, 0.2) is 0 Å². The van der Waals surface area contributed by atoms with E-state index in [2.05, 4.69) is 10.6 Å². The molecule has 2 atom stereocenters. The molecule has 1 fully saturated rings. The van der Waals surface area contributed by atoms with Gasteiger partial charge in [0.05, 0.1) is 0 Å². The van der Waals surface area contributed by atoms with Crippen molar-refractivity contribution in [3.8, 4) is 0 Å². The minimum absolute atomic E-state index is 0.00113. The van der Waals surface area contributed by atoms with Gasteiger partial charge in [0, 0.05) is 30.8 Å². The van der Waals surface area contributed by atoms with Crippen LogP contribution in [-0.4, -0.2) is 30.3 Å². The van der Waals surface area contributed by atoms with E-state index < -0.39 is 6.04 Å². The summed E-state index contributed by atoms with van der Waals surface area (Å²) in [6, 6.07) is 16.0. The average Bonchev–Trinajstić information content (AvgIpc) is 3.21. The van der Waals surface area contributed by atoms with E-state index in [9.17, 15) is 14.4 Å². The van der Waals surface area contributed by atoms with Gasteiger partial charge in [-0.1, -0.05) is 50.6 Å². The lowest BCUT2D eigenvalue weighted by molar-refractivity contribution is -0.124. The van der Waals surface area contributed by atoms with Crippen molar-refractivity contribution in [1.82, 2.24) is 10.6 Å². The number of anilines is 1. The van der Waals surface area contributed by atoms with Crippen LogP contribution in [0.4, 0.5) is 5.69 Å². The molecule has 0 saturated carbocycles. The summed E-state index contributed by atoms with van der Waals surface area (Å²) in [6.07, 6.45) is 2.26. The number of benzene rings is 2. The van der Waals surface area contributed by atoms with Crippen LogP contribution >= 0.6 is 0 Å². The average molecular weight is 408 g/mol. The van der Waals surface area contributed by atoms with Gasteiger partial charge >= 0.3 is 0 Å². The summed E-state index contributed by atoms with van der Waals surface area (Å²) in [7, 11) is 0. The Bertz CT molecular complexity index is 880. The second kappa shape index (κ2) is 10.1. The van der Waals surface area contributed by atoms with E-state index in [1.165, 1.54) is 0 Å². The number of nitrogens with zero attached hydrogens (tertiary/aromatic N) is 1. The minimum atomic E-state index is -0.607. The van der Waals surface area contributed by atoms with Crippen LogP contribution in [0.5, 0.6) is 0 Å². The minimum Gasteiger partial charge on any atom is -0.350 e. The van der Waals surface area contributed by atoms with Gasteiger partial charge in [0.1, 0.15) is 6.04 Å². The smallest absolute Gasteiger partial charge is 0.251 e. The molecule has 3 amide bonds. The van der Waals surface area contributed by atoms with Crippen molar-refractivity contribution in [3.05, 3.63) is 65.7 Å². The summed E-state index contributed by atoms with van der Waals surface area (Å²) in [5.41, 5.74) is 2.36. The van der Waals surface area contributed by atoms with Crippen LogP contribution in [0.2, 0.25) is 0 Å². The van der Waals surface area contributed by atoms with Crippen molar-refractivity contribution in [2.24, 2.45) is 5.92 Å². The van der Waals surface area contributed by atoms with Crippen LogP contribution in [0, 0.1) is 5.92 Å². The first-order valence-electron chi connectivity index (χ1n) is 10.5. The molecule has 0 aromatic heterocycles. The molecule has 1 aliphatic heterocycles. The Balaban J connectivity index is 1.60. The lowest BCUT2D eigenvalue weighted by Crippen LogP contribution is -2.50. The number of carbonyl (C=O) groups excluding carboxylic acids is 3. The van der Waals surface area contributed by atoms with Crippen LogP contribution in [0.15, 0.2) is 54.6 Å². The highest BCUT2D eigenvalue weighted by molar-refractivity contribution is 5.97. The molecular weight excluding hydrogens is 378 g/mol. The van der Waals surface area contributed by atoms with Gasteiger partial charge in [-0.15, -0.1) is 0 Å². The summed E-state index contributed by atoms with van der Waals surface area (Å²) in [5, 5.41) is 5.81. The topological polar surface area (TPSA) is 78.5 Å². The molecule has 0 bridgehead atoms. The van der Waals surface area contributed by atoms with Gasteiger partial charge in [-0.3, -0.25) is 14.4 Å². The fraction of sp³-hybridized carbons (Fsp3) is 0.375. The number of rotatable bonds is 8. The van der Waals surface area contributed by atoms with Crippen LogP contribution in [0.3, 0.4) is 0 Å². The largest absolute Gasteiger partial charge is 0.350 e. The molecule has 1 aliphatic rings. The molecule has 2 aromatic carbocycles. The molecule has 1 saturated heterocycles. The quantitative estimate of drug-likeness (QED) is 0.705. The molecule has 2 aromatic rings. The predicted molar refractivity (Wildman–Crippen MR) is 117 cm³/mol. The van der Waals surface area contributed by atoms with Gasteiger partial charge in [-0.25, -0.2) is 0 Å². The third-order valence-electron chi connectivity index (χ3n) is 5.61. The number of carbonyl (C=O) groups is 3. The maximum atomic E-state index is 12.8. The SMILES string of the molecule is CCC(C)C(NC(=O)c1ccccc1)C(=O)NCc1ccc(N2CCCC2=O)cc1. The third-order valence-corrected chi connectivity index (χ3v) is 5.61. The van der Waals surface area contributed by atoms with E-state index in [0.717, 1.165) is 30.6 Å². The Morgan fingerprint density at radius 1 is 1.07 bits per heavy atom. The lowest BCUT2D eigenvalue weighted by Gasteiger charge is -2.23. The van der Waals surface area contributed by atoms with E-state index in [1.54, 1.807) is 29.2 Å². The molecular formula is C24H29N3O3. The second-order valence-corrected chi connectivity index (χ2v) is 7.74. The van der Waals surface area contributed by atoms with Gasteiger partial charge in [-0.05, 0) is 42.2 Å². The Labute approximate surface area is 177 Å². The second-order valence-electron chi connectivity index (χ2n) is 7.74. The number of nitrogens with one attached hydrogen (secondary N) is 2. The molecule has 1 heterocycles. The maximum absolute atomic E-state index is 12.8. The molecule has 30 heavy (non-hydrogen) atoms. The zero-order valence-electron chi connectivity index (χ0n) is 17.6. The van der Waals surface area contributed by atoms with Crippen molar-refractivity contribution in [2.45, 2.75) is 45.7 Å². The van der Waals surface area contributed by atoms with Crippen molar-refractivity contribution in [2.75, 3.05) is 11.4 Å². The highest BCUT2D eigenvalue weighted by atomic mass is 16.2. The van der Waals surface area contributed by atoms with Gasteiger partial charge in [-0.2, -0.15) is 0 Å². The zero-order chi connectivity index (χ0) is 21.5. The fourth-order valence-corrected chi connectivity index (χ4v) is 3.53. The van der Waals surface area contributed by atoms with Crippen molar-refractivity contribution >= 4 is 23.4 Å². The standard InChI is InChI=1S/C24H29N3O3/c1-3-17(2)22(26-23(29)19-8-5-4-6-9-19)24(30)25-16-18-11-13-20(14-12-18)27-15-7-10-21(27)28/h4-6,8-9,11-14,17,22H,3,7,10,15-16H2,1-2H3,(H,25,30)(H,26,29). The number of hydrogen-bond donors (Lipinski definition) is 2. The van der Waals surface area contributed by atoms with Crippen LogP contribution in [0.25, 0.3) is 0 Å². The van der Waals surface area contributed by atoms with Gasteiger partial charge < -0.3 is 15.5 Å². The molecule has 2 N–H and O–H groups in total. The predicted octanol–water partition coefficient (Wildman–Crippen LogP) is 3.27. The Morgan fingerprint density at radius 3 is 2.37 bits per heavy atom. The molecule has 6 nitrogen and oxygen atoms in total. The third kappa shape index (κ3) is 5.26. The van der Waals surface area contributed by atoms with E-state index in [4.69, 9.17) is 0 Å². The Hall–Kier alpha value is -3.15. The molecule has 0 aliphatic carbocycles. The molecule has 6 heteroatoms. The summed E-state index contributed by atoms with van der Waals surface area (Å²) in [6.45, 7) is 5.07. The maximum Gasteiger partial charge on any atom is 0.251 e. The van der Waals surface area contributed by atoms with E-state index in [-0.39, 0.29) is 23.6 Å². The van der Waals surface area contributed by atoms with Gasteiger partial charge in [0.25, 0.3) is 5.91 Å². The highest BCUT2D eigenvalue weighted by Crippen LogP contribution is 2.21. The first-order valence-corrected chi connectivity index (χ1v) is 10.5. The molecule has 2 unspecified atom stereocenters. The van der Waals surface area contributed by atoms with E-state index in [0.29, 0.717) is 18.5 Å². The summed E-state index contributed by atoms with van der Waals surface area (Å²) < 4.78 is 0.